The molecule has 1 aliphatic heterocycles. The molecule has 0 saturated heterocycles. The number of rotatable bonds is 3. The Hall–Kier alpha value is -3.21. The largest absolute Gasteiger partial charge is 0.366 e. The van der Waals surface area contributed by atoms with Crippen LogP contribution in [0.3, 0.4) is 0 Å². The van der Waals surface area contributed by atoms with Crippen LogP contribution >= 0.6 is 0 Å². The lowest BCUT2D eigenvalue weighted by molar-refractivity contribution is 0.0940. The van der Waals surface area contributed by atoms with Gasteiger partial charge in [0, 0.05) is 23.7 Å². The molecule has 1 aromatic heterocycles. The number of aromatic nitrogens is 2. The van der Waals surface area contributed by atoms with E-state index in [0.717, 1.165) is 36.2 Å². The molecule has 2 aromatic carbocycles. The molecule has 5 nitrogen and oxygen atoms in total. The van der Waals surface area contributed by atoms with E-state index in [0.29, 0.717) is 18.1 Å². The van der Waals surface area contributed by atoms with Gasteiger partial charge >= 0.3 is 0 Å². The fourth-order valence-corrected chi connectivity index (χ4v) is 3.98. The molecule has 0 fully saturated rings. The number of nitrogens with zero attached hydrogens (tertiary/aromatic N) is 2. The molecule has 1 amide bonds. The van der Waals surface area contributed by atoms with Gasteiger partial charge in [0.25, 0.3) is 5.91 Å². The Labute approximate surface area is 157 Å². The van der Waals surface area contributed by atoms with E-state index in [-0.39, 0.29) is 11.9 Å². The Morgan fingerprint density at radius 1 is 0.926 bits per heavy atom. The van der Waals surface area contributed by atoms with Crippen LogP contribution in [0, 0.1) is 0 Å². The molecule has 2 heterocycles. The molecule has 2 aliphatic rings. The maximum atomic E-state index is 12.4. The minimum absolute atomic E-state index is 0.117. The van der Waals surface area contributed by atoms with Crippen molar-refractivity contribution in [2.45, 2.75) is 25.3 Å². The Balaban J connectivity index is 1.53. The molecule has 0 bridgehead atoms. The summed E-state index contributed by atoms with van der Waals surface area (Å²) in [5, 5.41) is 6.51. The van der Waals surface area contributed by atoms with E-state index in [2.05, 4.69) is 39.9 Å². The summed E-state index contributed by atoms with van der Waals surface area (Å²) in [6.07, 6.45) is 2.70. The van der Waals surface area contributed by atoms with Crippen molar-refractivity contribution in [2.75, 3.05) is 11.9 Å². The van der Waals surface area contributed by atoms with Crippen LogP contribution < -0.4 is 10.6 Å². The first-order valence-electron chi connectivity index (χ1n) is 9.36. The van der Waals surface area contributed by atoms with Gasteiger partial charge in [-0.3, -0.25) is 4.79 Å². The highest BCUT2D eigenvalue weighted by atomic mass is 16.1. The molecule has 27 heavy (non-hydrogen) atoms. The first-order chi connectivity index (χ1) is 13.3. The summed E-state index contributed by atoms with van der Waals surface area (Å²) >= 11 is 0. The number of nitrogens with one attached hydrogen (secondary N) is 2. The minimum atomic E-state index is -0.117. The number of carbonyl (C=O) groups is 1. The maximum Gasteiger partial charge on any atom is 0.270 e. The zero-order valence-corrected chi connectivity index (χ0v) is 14.9. The summed E-state index contributed by atoms with van der Waals surface area (Å²) in [5.74, 6) is 1.27. The SMILES string of the molecule is O=C1NCCc2c(NC3Cc4ccccc4C3)nc(-c3ccccc3)nc21. The second-order valence-corrected chi connectivity index (χ2v) is 7.11. The summed E-state index contributed by atoms with van der Waals surface area (Å²) < 4.78 is 0. The van der Waals surface area contributed by atoms with Crippen molar-refractivity contribution in [1.29, 1.82) is 0 Å². The highest BCUT2D eigenvalue weighted by Gasteiger charge is 2.27. The summed E-state index contributed by atoms with van der Waals surface area (Å²) in [6.45, 7) is 0.624. The van der Waals surface area contributed by atoms with Gasteiger partial charge in [0.05, 0.1) is 0 Å². The van der Waals surface area contributed by atoms with Gasteiger partial charge in [0.2, 0.25) is 0 Å². The normalized spacial score (nSPS) is 15.8. The molecule has 3 aromatic rings. The van der Waals surface area contributed by atoms with Crippen LogP contribution in [0.25, 0.3) is 11.4 Å². The fourth-order valence-electron chi connectivity index (χ4n) is 3.98. The number of carbonyl (C=O) groups excluding carboxylic acids is 1. The first-order valence-corrected chi connectivity index (χ1v) is 9.36. The van der Waals surface area contributed by atoms with Crippen LogP contribution in [0.2, 0.25) is 0 Å². The third-order valence-corrected chi connectivity index (χ3v) is 5.31. The van der Waals surface area contributed by atoms with Gasteiger partial charge in [-0.2, -0.15) is 0 Å². The maximum absolute atomic E-state index is 12.4. The lowest BCUT2D eigenvalue weighted by atomic mass is 10.0. The molecule has 0 unspecified atom stereocenters. The third-order valence-electron chi connectivity index (χ3n) is 5.31. The summed E-state index contributed by atoms with van der Waals surface area (Å²) in [7, 11) is 0. The third kappa shape index (κ3) is 2.95. The molecule has 2 N–H and O–H groups in total. The number of hydrogen-bond acceptors (Lipinski definition) is 4. The summed E-state index contributed by atoms with van der Waals surface area (Å²) in [4.78, 5) is 21.8. The van der Waals surface area contributed by atoms with Gasteiger partial charge in [-0.05, 0) is 30.4 Å². The minimum Gasteiger partial charge on any atom is -0.366 e. The second-order valence-electron chi connectivity index (χ2n) is 7.11. The van der Waals surface area contributed by atoms with Gasteiger partial charge in [-0.25, -0.2) is 9.97 Å². The van der Waals surface area contributed by atoms with Gasteiger partial charge in [0.1, 0.15) is 11.5 Å². The molecule has 5 rings (SSSR count). The van der Waals surface area contributed by atoms with Crippen LogP contribution in [0.5, 0.6) is 0 Å². The van der Waals surface area contributed by atoms with Crippen molar-refractivity contribution in [2.24, 2.45) is 0 Å². The molecular formula is C22H20N4O. The zero-order valence-electron chi connectivity index (χ0n) is 14.9. The number of fused-ring (bicyclic) bond motifs is 2. The van der Waals surface area contributed by atoms with Crippen LogP contribution in [0.1, 0.15) is 27.2 Å². The summed E-state index contributed by atoms with van der Waals surface area (Å²) in [5.41, 5.74) is 5.11. The smallest absolute Gasteiger partial charge is 0.270 e. The van der Waals surface area contributed by atoms with Crippen LogP contribution in [0.15, 0.2) is 54.6 Å². The Bertz CT molecular complexity index is 991. The number of amides is 1. The van der Waals surface area contributed by atoms with E-state index < -0.39 is 0 Å². The van der Waals surface area contributed by atoms with Gasteiger partial charge in [0.15, 0.2) is 5.82 Å². The van der Waals surface area contributed by atoms with Crippen molar-refractivity contribution in [3.05, 3.63) is 77.0 Å². The van der Waals surface area contributed by atoms with Gasteiger partial charge < -0.3 is 10.6 Å². The standard InChI is InChI=1S/C22H20N4O/c27-22-19-18(10-11-23-22)21(26-20(25-19)14-6-2-1-3-7-14)24-17-12-15-8-4-5-9-16(15)13-17/h1-9,17H,10-13H2,(H,23,27)(H,24,25,26). The Morgan fingerprint density at radius 3 is 2.37 bits per heavy atom. The lowest BCUT2D eigenvalue weighted by Gasteiger charge is -2.22. The lowest BCUT2D eigenvalue weighted by Crippen LogP contribution is -2.34. The highest BCUT2D eigenvalue weighted by molar-refractivity contribution is 5.96. The average molecular weight is 356 g/mol. The second kappa shape index (κ2) is 6.50. The monoisotopic (exact) mass is 356 g/mol. The van der Waals surface area contributed by atoms with Crippen molar-refractivity contribution in [1.82, 2.24) is 15.3 Å². The van der Waals surface area contributed by atoms with Gasteiger partial charge in [-0.1, -0.05) is 54.6 Å². The van der Waals surface area contributed by atoms with Gasteiger partial charge in [-0.15, -0.1) is 0 Å². The zero-order chi connectivity index (χ0) is 18.2. The number of benzene rings is 2. The van der Waals surface area contributed by atoms with E-state index in [1.165, 1.54) is 11.1 Å². The van der Waals surface area contributed by atoms with Crippen molar-refractivity contribution in [3.8, 4) is 11.4 Å². The molecule has 5 heteroatoms. The predicted molar refractivity (Wildman–Crippen MR) is 105 cm³/mol. The molecule has 0 saturated carbocycles. The van der Waals surface area contributed by atoms with E-state index in [1.54, 1.807) is 0 Å². The van der Waals surface area contributed by atoms with E-state index in [9.17, 15) is 4.79 Å². The molecule has 1 aliphatic carbocycles. The molecule has 0 spiro atoms. The van der Waals surface area contributed by atoms with Crippen LogP contribution in [-0.4, -0.2) is 28.5 Å². The van der Waals surface area contributed by atoms with Crippen molar-refractivity contribution >= 4 is 11.7 Å². The van der Waals surface area contributed by atoms with E-state index in [1.807, 2.05) is 30.3 Å². The van der Waals surface area contributed by atoms with E-state index >= 15 is 0 Å². The van der Waals surface area contributed by atoms with Crippen molar-refractivity contribution < 1.29 is 4.79 Å². The highest BCUT2D eigenvalue weighted by Crippen LogP contribution is 2.29. The number of anilines is 1. The summed E-state index contributed by atoms with van der Waals surface area (Å²) in [6, 6.07) is 18.7. The van der Waals surface area contributed by atoms with Crippen molar-refractivity contribution in [3.63, 3.8) is 0 Å². The number of hydrogen-bond donors (Lipinski definition) is 2. The fraction of sp³-hybridized carbons (Fsp3) is 0.227. The quantitative estimate of drug-likeness (QED) is 0.757. The Morgan fingerprint density at radius 2 is 1.63 bits per heavy atom. The van der Waals surface area contributed by atoms with E-state index in [4.69, 9.17) is 4.98 Å². The predicted octanol–water partition coefficient (Wildman–Crippen LogP) is 3.01. The topological polar surface area (TPSA) is 66.9 Å². The average Bonchev–Trinajstić information content (AvgIpc) is 3.11. The first kappa shape index (κ1) is 16.0. The molecule has 0 radical (unpaired) electrons. The van der Waals surface area contributed by atoms with Crippen LogP contribution in [-0.2, 0) is 19.3 Å². The molecule has 0 atom stereocenters. The van der Waals surface area contributed by atoms with Crippen LogP contribution in [0.4, 0.5) is 5.82 Å². The molecular weight excluding hydrogens is 336 g/mol. The molecule has 134 valence electrons. The Kier molecular flexibility index (Phi) is 3.85.